The van der Waals surface area contributed by atoms with E-state index in [1.165, 1.54) is 11.8 Å². The van der Waals surface area contributed by atoms with Crippen LogP contribution in [0.2, 0.25) is 0 Å². The molecule has 0 aliphatic carbocycles. The van der Waals surface area contributed by atoms with E-state index in [4.69, 9.17) is 10.00 Å². The van der Waals surface area contributed by atoms with Crippen LogP contribution < -0.4 is 4.74 Å². The van der Waals surface area contributed by atoms with Gasteiger partial charge in [0.1, 0.15) is 5.75 Å². The number of benzene rings is 1. The lowest BCUT2D eigenvalue weighted by molar-refractivity contribution is -0.127. The minimum absolute atomic E-state index is 0.00422. The van der Waals surface area contributed by atoms with Crippen LogP contribution in [0.5, 0.6) is 5.75 Å². The molecule has 0 atom stereocenters. The molecule has 0 bridgehead atoms. The fraction of sp³-hybridized carbons (Fsp3) is 0.353. The van der Waals surface area contributed by atoms with E-state index in [2.05, 4.69) is 4.98 Å². The Morgan fingerprint density at radius 3 is 2.91 bits per heavy atom. The van der Waals surface area contributed by atoms with Crippen LogP contribution in [-0.4, -0.2) is 42.2 Å². The standard InChI is InChI=1S/C17H19N3O2S/c1-12-9-16(23-11-17(21)20(2)8-4-7-18)19-15-10-13(22-3)5-6-14(12)15/h5-6,9-10H,4,8,11H2,1-3H3. The second-order valence-corrected chi connectivity index (χ2v) is 6.17. The van der Waals surface area contributed by atoms with Crippen molar-refractivity contribution < 1.29 is 9.53 Å². The first kappa shape index (κ1) is 17.1. The van der Waals surface area contributed by atoms with Crippen LogP contribution in [0.25, 0.3) is 10.9 Å². The fourth-order valence-corrected chi connectivity index (χ4v) is 3.06. The Hall–Kier alpha value is -2.26. The van der Waals surface area contributed by atoms with Crippen molar-refractivity contribution in [3.8, 4) is 11.8 Å². The molecule has 1 aromatic carbocycles. The summed E-state index contributed by atoms with van der Waals surface area (Å²) >= 11 is 1.41. The van der Waals surface area contributed by atoms with E-state index in [1.807, 2.05) is 37.3 Å². The van der Waals surface area contributed by atoms with Crippen LogP contribution in [0.15, 0.2) is 29.3 Å². The summed E-state index contributed by atoms with van der Waals surface area (Å²) in [6, 6.07) is 9.83. The summed E-state index contributed by atoms with van der Waals surface area (Å²) in [6.45, 7) is 2.48. The molecular formula is C17H19N3O2S. The largest absolute Gasteiger partial charge is 0.497 e. The van der Waals surface area contributed by atoms with Crippen LogP contribution in [0.3, 0.4) is 0 Å². The second-order valence-electron chi connectivity index (χ2n) is 5.17. The monoisotopic (exact) mass is 329 g/mol. The summed E-state index contributed by atoms with van der Waals surface area (Å²) in [6.07, 6.45) is 0.347. The highest BCUT2D eigenvalue weighted by Gasteiger charge is 2.11. The molecule has 1 aromatic heterocycles. The molecular weight excluding hydrogens is 310 g/mol. The van der Waals surface area contributed by atoms with Gasteiger partial charge in [-0.25, -0.2) is 4.98 Å². The highest BCUT2D eigenvalue weighted by atomic mass is 32.2. The number of fused-ring (bicyclic) bond motifs is 1. The number of rotatable bonds is 6. The minimum Gasteiger partial charge on any atom is -0.497 e. The molecule has 6 heteroatoms. The van der Waals surface area contributed by atoms with E-state index in [1.54, 1.807) is 19.1 Å². The number of methoxy groups -OCH3 is 1. The highest BCUT2D eigenvalue weighted by molar-refractivity contribution is 7.99. The van der Waals surface area contributed by atoms with Crippen molar-refractivity contribution in [3.05, 3.63) is 29.8 Å². The third-order valence-electron chi connectivity index (χ3n) is 3.53. The summed E-state index contributed by atoms with van der Waals surface area (Å²) < 4.78 is 5.24. The van der Waals surface area contributed by atoms with Crippen molar-refractivity contribution in [2.45, 2.75) is 18.4 Å². The summed E-state index contributed by atoms with van der Waals surface area (Å²) in [5, 5.41) is 10.5. The fourth-order valence-electron chi connectivity index (χ4n) is 2.14. The molecule has 0 aliphatic heterocycles. The third-order valence-corrected chi connectivity index (χ3v) is 4.42. The van der Waals surface area contributed by atoms with Gasteiger partial charge >= 0.3 is 0 Å². The van der Waals surface area contributed by atoms with Crippen LogP contribution in [-0.2, 0) is 4.79 Å². The first-order valence-corrected chi connectivity index (χ1v) is 8.23. The molecule has 1 amide bonds. The number of hydrogen-bond acceptors (Lipinski definition) is 5. The van der Waals surface area contributed by atoms with Crippen LogP contribution in [0.4, 0.5) is 0 Å². The highest BCUT2D eigenvalue weighted by Crippen LogP contribution is 2.26. The van der Waals surface area contributed by atoms with E-state index >= 15 is 0 Å². The molecule has 0 radical (unpaired) electrons. The number of carbonyl (C=O) groups is 1. The molecule has 2 rings (SSSR count). The normalized spacial score (nSPS) is 10.3. The molecule has 0 saturated carbocycles. The van der Waals surface area contributed by atoms with Crippen molar-refractivity contribution in [1.29, 1.82) is 5.26 Å². The predicted octanol–water partition coefficient (Wildman–Crippen LogP) is 3.02. The maximum atomic E-state index is 12.0. The number of carbonyl (C=O) groups excluding carboxylic acids is 1. The Morgan fingerprint density at radius 1 is 1.43 bits per heavy atom. The molecule has 5 nitrogen and oxygen atoms in total. The van der Waals surface area contributed by atoms with E-state index in [-0.39, 0.29) is 5.91 Å². The number of aromatic nitrogens is 1. The van der Waals surface area contributed by atoms with E-state index in [9.17, 15) is 4.79 Å². The third kappa shape index (κ3) is 4.36. The Morgan fingerprint density at radius 2 is 2.22 bits per heavy atom. The zero-order chi connectivity index (χ0) is 16.8. The van der Waals surface area contributed by atoms with Crippen molar-refractivity contribution >= 4 is 28.6 Å². The number of amides is 1. The van der Waals surface area contributed by atoms with Crippen LogP contribution in [0.1, 0.15) is 12.0 Å². The van der Waals surface area contributed by atoms with Crippen molar-refractivity contribution in [2.75, 3.05) is 26.5 Å². The SMILES string of the molecule is COc1ccc2c(C)cc(SCC(=O)N(C)CCC#N)nc2c1. The molecule has 0 aliphatic rings. The van der Waals surface area contributed by atoms with E-state index in [0.29, 0.717) is 18.7 Å². The Bertz CT molecular complexity index is 755. The Kier molecular flexibility index (Phi) is 5.83. The number of thioether (sulfide) groups is 1. The van der Waals surface area contributed by atoms with Gasteiger partial charge in [0.15, 0.2) is 0 Å². The molecule has 0 saturated heterocycles. The number of ether oxygens (including phenoxy) is 1. The van der Waals surface area contributed by atoms with Gasteiger partial charge in [-0.15, -0.1) is 0 Å². The minimum atomic E-state index is -0.00422. The van der Waals surface area contributed by atoms with Gasteiger partial charge in [-0.05, 0) is 30.7 Å². The zero-order valence-electron chi connectivity index (χ0n) is 13.5. The molecule has 0 N–H and O–H groups in total. The first-order chi connectivity index (χ1) is 11.0. The van der Waals surface area contributed by atoms with Crippen LogP contribution in [0, 0.1) is 18.3 Å². The smallest absolute Gasteiger partial charge is 0.232 e. The predicted molar refractivity (Wildman–Crippen MR) is 91.6 cm³/mol. The second kappa shape index (κ2) is 7.84. The van der Waals surface area contributed by atoms with Crippen molar-refractivity contribution in [2.24, 2.45) is 0 Å². The molecule has 120 valence electrons. The number of nitrogens with zero attached hydrogens (tertiary/aromatic N) is 3. The molecule has 23 heavy (non-hydrogen) atoms. The number of pyridine rings is 1. The van der Waals surface area contributed by atoms with Gasteiger partial charge in [0.25, 0.3) is 0 Å². The van der Waals surface area contributed by atoms with Crippen molar-refractivity contribution in [3.63, 3.8) is 0 Å². The topological polar surface area (TPSA) is 66.2 Å². The molecule has 0 fully saturated rings. The van der Waals surface area contributed by atoms with E-state index < -0.39 is 0 Å². The van der Waals surface area contributed by atoms with Gasteiger partial charge in [0.2, 0.25) is 5.91 Å². The van der Waals surface area contributed by atoms with Crippen molar-refractivity contribution in [1.82, 2.24) is 9.88 Å². The van der Waals surface area contributed by atoms with Gasteiger partial charge in [-0.3, -0.25) is 4.79 Å². The van der Waals surface area contributed by atoms with E-state index in [0.717, 1.165) is 27.2 Å². The van der Waals surface area contributed by atoms with Gasteiger partial charge in [0.05, 0.1) is 35.9 Å². The van der Waals surface area contributed by atoms with Gasteiger partial charge in [0, 0.05) is 25.0 Å². The van der Waals surface area contributed by atoms with Gasteiger partial charge < -0.3 is 9.64 Å². The molecule has 0 spiro atoms. The number of aryl methyl sites for hydroxylation is 1. The lowest BCUT2D eigenvalue weighted by atomic mass is 10.1. The summed E-state index contributed by atoms with van der Waals surface area (Å²) in [5.41, 5.74) is 1.97. The summed E-state index contributed by atoms with van der Waals surface area (Å²) in [7, 11) is 3.34. The zero-order valence-corrected chi connectivity index (χ0v) is 14.3. The maximum absolute atomic E-state index is 12.0. The van der Waals surface area contributed by atoms with Gasteiger partial charge in [-0.2, -0.15) is 5.26 Å². The average Bonchev–Trinajstić information content (AvgIpc) is 2.56. The average molecular weight is 329 g/mol. The number of hydrogen-bond donors (Lipinski definition) is 0. The first-order valence-electron chi connectivity index (χ1n) is 7.24. The quantitative estimate of drug-likeness (QED) is 0.762. The Balaban J connectivity index is 2.11. The molecule has 1 heterocycles. The summed E-state index contributed by atoms with van der Waals surface area (Å²) in [5.74, 6) is 1.07. The Labute approximate surface area is 140 Å². The molecule has 0 unspecified atom stereocenters. The van der Waals surface area contributed by atoms with Crippen LogP contribution >= 0.6 is 11.8 Å². The van der Waals surface area contributed by atoms with Gasteiger partial charge in [-0.1, -0.05) is 11.8 Å². The maximum Gasteiger partial charge on any atom is 0.232 e. The molecule has 2 aromatic rings. The summed E-state index contributed by atoms with van der Waals surface area (Å²) in [4.78, 5) is 18.2. The lowest BCUT2D eigenvalue weighted by Gasteiger charge is -2.15. The lowest BCUT2D eigenvalue weighted by Crippen LogP contribution is -2.29. The number of nitriles is 1.